The highest BCUT2D eigenvalue weighted by molar-refractivity contribution is 6.31. The van der Waals surface area contributed by atoms with Gasteiger partial charge in [-0.1, -0.05) is 23.2 Å². The summed E-state index contributed by atoms with van der Waals surface area (Å²) in [5.41, 5.74) is 0.626. The number of furan rings is 1. The molecule has 0 unspecified atom stereocenters. The van der Waals surface area contributed by atoms with Gasteiger partial charge in [-0.15, -0.1) is 0 Å². The molecule has 1 fully saturated rings. The van der Waals surface area contributed by atoms with E-state index in [1.54, 1.807) is 30.3 Å². The number of hydrogen-bond acceptors (Lipinski definition) is 5. The first-order valence-corrected chi connectivity index (χ1v) is 11.6. The molecule has 9 heteroatoms. The minimum absolute atomic E-state index is 0.0267. The SMILES string of the molecule is O=C(N[C@H]1CC[C@H](NC[C@H](O)COc2ccc(Cl)c(F)c2)CC1)c1cc2cc(Cl)ccc2o1. The molecule has 33 heavy (non-hydrogen) atoms. The van der Waals surface area contributed by atoms with E-state index in [4.69, 9.17) is 32.4 Å². The summed E-state index contributed by atoms with van der Waals surface area (Å²) in [5.74, 6) is -0.198. The standard InChI is InChI=1S/C24H25Cl2FN2O4/c25-15-1-8-22-14(9-15)10-23(33-22)24(31)29-17-4-2-16(3-5-17)28-12-18(30)13-32-19-6-7-20(26)21(27)11-19/h1,6-11,16-18,28,30H,2-5,12-13H2,(H,29,31)/t16-,17-,18-/m0/s1. The number of benzene rings is 2. The van der Waals surface area contributed by atoms with E-state index in [1.165, 1.54) is 12.1 Å². The van der Waals surface area contributed by atoms with Crippen molar-refractivity contribution in [3.63, 3.8) is 0 Å². The molecule has 1 aliphatic rings. The van der Waals surface area contributed by atoms with Crippen molar-refractivity contribution < 1.29 is 23.4 Å². The molecule has 4 rings (SSSR count). The molecule has 176 valence electrons. The second kappa shape index (κ2) is 10.7. The summed E-state index contributed by atoms with van der Waals surface area (Å²) in [4.78, 5) is 12.6. The topological polar surface area (TPSA) is 83.7 Å². The zero-order chi connectivity index (χ0) is 23.4. The number of aliphatic hydroxyl groups excluding tert-OH is 1. The fourth-order valence-electron chi connectivity index (χ4n) is 3.95. The summed E-state index contributed by atoms with van der Waals surface area (Å²) in [5, 5.41) is 18.0. The molecule has 6 nitrogen and oxygen atoms in total. The van der Waals surface area contributed by atoms with Gasteiger partial charge in [0.1, 0.15) is 29.9 Å². The Morgan fingerprint density at radius 2 is 1.88 bits per heavy atom. The van der Waals surface area contributed by atoms with E-state index >= 15 is 0 Å². The van der Waals surface area contributed by atoms with Crippen LogP contribution in [0.5, 0.6) is 5.75 Å². The molecule has 1 atom stereocenters. The zero-order valence-corrected chi connectivity index (χ0v) is 19.3. The van der Waals surface area contributed by atoms with Crippen LogP contribution in [-0.2, 0) is 0 Å². The van der Waals surface area contributed by atoms with Crippen molar-refractivity contribution in [2.45, 2.75) is 43.9 Å². The Kier molecular flexibility index (Phi) is 7.75. The third kappa shape index (κ3) is 6.38. The number of rotatable bonds is 8. The van der Waals surface area contributed by atoms with Gasteiger partial charge in [-0.25, -0.2) is 4.39 Å². The number of nitrogens with one attached hydrogen (secondary N) is 2. The monoisotopic (exact) mass is 494 g/mol. The smallest absolute Gasteiger partial charge is 0.287 e. The predicted molar refractivity (Wildman–Crippen MR) is 126 cm³/mol. The van der Waals surface area contributed by atoms with Gasteiger partial charge in [0.25, 0.3) is 5.91 Å². The first kappa shape index (κ1) is 23.8. The van der Waals surface area contributed by atoms with Crippen LogP contribution in [0.25, 0.3) is 11.0 Å². The molecule has 3 N–H and O–H groups in total. The maximum Gasteiger partial charge on any atom is 0.287 e. The second-order valence-corrected chi connectivity index (χ2v) is 9.11. The van der Waals surface area contributed by atoms with Gasteiger partial charge >= 0.3 is 0 Å². The van der Waals surface area contributed by atoms with Crippen LogP contribution in [0.3, 0.4) is 0 Å². The highest BCUT2D eigenvalue weighted by atomic mass is 35.5. The summed E-state index contributed by atoms with van der Waals surface area (Å²) in [6.45, 7) is 0.404. The summed E-state index contributed by atoms with van der Waals surface area (Å²) in [6, 6.07) is 11.4. The number of carbonyl (C=O) groups is 1. The Morgan fingerprint density at radius 1 is 1.12 bits per heavy atom. The van der Waals surface area contributed by atoms with Gasteiger partial charge < -0.3 is 24.9 Å². The molecule has 0 bridgehead atoms. The zero-order valence-electron chi connectivity index (χ0n) is 17.8. The first-order valence-electron chi connectivity index (χ1n) is 10.9. The van der Waals surface area contributed by atoms with Gasteiger partial charge in [0.2, 0.25) is 0 Å². The van der Waals surface area contributed by atoms with Crippen LogP contribution in [0, 0.1) is 5.82 Å². The van der Waals surface area contributed by atoms with E-state index in [9.17, 15) is 14.3 Å². The third-order valence-corrected chi connectivity index (χ3v) is 6.28. The lowest BCUT2D eigenvalue weighted by molar-refractivity contribution is 0.0890. The van der Waals surface area contributed by atoms with E-state index < -0.39 is 11.9 Å². The average molecular weight is 495 g/mol. The fourth-order valence-corrected chi connectivity index (χ4v) is 4.24. The van der Waals surface area contributed by atoms with Crippen LogP contribution in [0.2, 0.25) is 10.0 Å². The van der Waals surface area contributed by atoms with Crippen LogP contribution < -0.4 is 15.4 Å². The normalized spacial score (nSPS) is 19.4. The fraction of sp³-hybridized carbons (Fsp3) is 0.375. The molecule has 1 saturated carbocycles. The Labute approximate surface area is 201 Å². The number of fused-ring (bicyclic) bond motifs is 1. The third-order valence-electron chi connectivity index (χ3n) is 5.74. The highest BCUT2D eigenvalue weighted by Gasteiger charge is 2.24. The molecular weight excluding hydrogens is 470 g/mol. The van der Waals surface area contributed by atoms with Crippen LogP contribution in [0.1, 0.15) is 36.2 Å². The highest BCUT2D eigenvalue weighted by Crippen LogP contribution is 2.24. The van der Waals surface area contributed by atoms with Crippen molar-refractivity contribution in [1.29, 1.82) is 0 Å². The summed E-state index contributed by atoms with van der Waals surface area (Å²) in [6.07, 6.45) is 2.66. The van der Waals surface area contributed by atoms with E-state index in [2.05, 4.69) is 10.6 Å². The minimum Gasteiger partial charge on any atom is -0.491 e. The van der Waals surface area contributed by atoms with E-state index in [-0.39, 0.29) is 35.4 Å². The van der Waals surface area contributed by atoms with Gasteiger partial charge in [-0.2, -0.15) is 0 Å². The van der Waals surface area contributed by atoms with Crippen molar-refractivity contribution in [2.24, 2.45) is 0 Å². The van der Waals surface area contributed by atoms with E-state index in [0.717, 1.165) is 31.1 Å². The Bertz CT molecular complexity index is 1120. The van der Waals surface area contributed by atoms with Gasteiger partial charge in [-0.3, -0.25) is 4.79 Å². The van der Waals surface area contributed by atoms with Gasteiger partial charge in [0.15, 0.2) is 5.76 Å². The number of carbonyl (C=O) groups excluding carboxylic acids is 1. The minimum atomic E-state index is -0.734. The Balaban J connectivity index is 1.17. The Morgan fingerprint density at radius 3 is 2.64 bits per heavy atom. The molecule has 1 amide bonds. The lowest BCUT2D eigenvalue weighted by Crippen LogP contribution is -2.44. The lowest BCUT2D eigenvalue weighted by Gasteiger charge is -2.30. The predicted octanol–water partition coefficient (Wildman–Crippen LogP) is 4.95. The number of halogens is 3. The van der Waals surface area contributed by atoms with Crippen LogP contribution >= 0.6 is 23.2 Å². The van der Waals surface area contributed by atoms with Crippen LogP contribution in [0.15, 0.2) is 46.9 Å². The van der Waals surface area contributed by atoms with Crippen molar-refractivity contribution in [3.05, 3.63) is 64.1 Å². The molecule has 0 aliphatic heterocycles. The van der Waals surface area contributed by atoms with Crippen molar-refractivity contribution >= 4 is 40.1 Å². The maximum absolute atomic E-state index is 13.4. The number of aliphatic hydroxyl groups is 1. The average Bonchev–Trinajstić information content (AvgIpc) is 3.23. The van der Waals surface area contributed by atoms with Crippen molar-refractivity contribution in [2.75, 3.05) is 13.2 Å². The summed E-state index contributed by atoms with van der Waals surface area (Å²) >= 11 is 11.6. The maximum atomic E-state index is 13.4. The van der Waals surface area contributed by atoms with Crippen LogP contribution in [0.4, 0.5) is 4.39 Å². The quantitative estimate of drug-likeness (QED) is 0.412. The molecule has 0 saturated heterocycles. The van der Waals surface area contributed by atoms with E-state index in [0.29, 0.717) is 22.9 Å². The largest absolute Gasteiger partial charge is 0.491 e. The van der Waals surface area contributed by atoms with Gasteiger partial charge in [-0.05, 0) is 62.1 Å². The summed E-state index contributed by atoms with van der Waals surface area (Å²) in [7, 11) is 0. The molecular formula is C24H25Cl2FN2O4. The van der Waals surface area contributed by atoms with Crippen molar-refractivity contribution in [3.8, 4) is 5.75 Å². The van der Waals surface area contributed by atoms with E-state index in [1.807, 2.05) is 0 Å². The molecule has 1 aliphatic carbocycles. The first-order chi connectivity index (χ1) is 15.9. The lowest BCUT2D eigenvalue weighted by atomic mass is 9.91. The molecule has 0 radical (unpaired) electrons. The van der Waals surface area contributed by atoms with Gasteiger partial charge in [0, 0.05) is 35.1 Å². The molecule has 3 aromatic rings. The van der Waals surface area contributed by atoms with Gasteiger partial charge in [0.05, 0.1) is 5.02 Å². The second-order valence-electron chi connectivity index (χ2n) is 8.26. The number of ether oxygens (including phenoxy) is 1. The number of hydrogen-bond donors (Lipinski definition) is 3. The van der Waals surface area contributed by atoms with Crippen molar-refractivity contribution in [1.82, 2.24) is 10.6 Å². The summed E-state index contributed by atoms with van der Waals surface area (Å²) < 4.78 is 24.5. The molecule has 1 aromatic heterocycles. The van der Waals surface area contributed by atoms with Crippen LogP contribution in [-0.4, -0.2) is 42.4 Å². The Hall–Kier alpha value is -2.32. The molecule has 0 spiro atoms. The molecule has 2 aromatic carbocycles. The molecule has 1 heterocycles. The number of amides is 1.